The van der Waals surface area contributed by atoms with E-state index in [1.807, 2.05) is 32.9 Å². The summed E-state index contributed by atoms with van der Waals surface area (Å²) in [6, 6.07) is 10.3. The minimum absolute atomic E-state index is 0.0994. The molecular weight excluding hydrogens is 442 g/mol. The molecule has 2 aromatic rings. The van der Waals surface area contributed by atoms with E-state index in [1.54, 1.807) is 24.3 Å². The summed E-state index contributed by atoms with van der Waals surface area (Å²) < 4.78 is 53.6. The van der Waals surface area contributed by atoms with E-state index in [0.717, 1.165) is 23.1 Å². The van der Waals surface area contributed by atoms with Gasteiger partial charge in [-0.3, -0.25) is 0 Å². The highest BCUT2D eigenvalue weighted by Gasteiger charge is 2.55. The Morgan fingerprint density at radius 1 is 1.03 bits per heavy atom. The average molecular weight is 470 g/mol. The normalized spacial score (nSPS) is 31.1. The molecule has 2 aromatic carbocycles. The number of hydrogen-bond donors (Lipinski definition) is 1. The van der Waals surface area contributed by atoms with Crippen LogP contribution in [0.4, 0.5) is 0 Å². The van der Waals surface area contributed by atoms with Gasteiger partial charge in [-0.25, -0.2) is 13.1 Å². The van der Waals surface area contributed by atoms with Crippen LogP contribution in [0.5, 0.6) is 11.5 Å². The van der Waals surface area contributed by atoms with Gasteiger partial charge in [0.05, 0.1) is 17.0 Å². The lowest BCUT2D eigenvalue weighted by atomic mass is 9.67. The van der Waals surface area contributed by atoms with Gasteiger partial charge in [0.15, 0.2) is 17.3 Å². The van der Waals surface area contributed by atoms with E-state index in [1.165, 1.54) is 0 Å². The maximum Gasteiger partial charge on any atom is 0.240 e. The number of sulfonamides is 1. The first-order valence-corrected chi connectivity index (χ1v) is 12.7. The van der Waals surface area contributed by atoms with Crippen molar-refractivity contribution in [3.8, 4) is 11.5 Å². The molecule has 0 radical (unpaired) electrons. The minimum Gasteiger partial charge on any atom is -0.454 e. The molecule has 2 fully saturated rings. The summed E-state index contributed by atoms with van der Waals surface area (Å²) in [4.78, 5) is 0.238. The Bertz CT molecular complexity index is 1240. The molecule has 7 nitrogen and oxygen atoms in total. The van der Waals surface area contributed by atoms with Crippen molar-refractivity contribution in [1.29, 1.82) is 0 Å². The van der Waals surface area contributed by atoms with Crippen molar-refractivity contribution in [2.75, 3.05) is 6.79 Å². The second kappa shape index (κ2) is 7.30. The lowest BCUT2D eigenvalue weighted by molar-refractivity contribution is -0.147. The van der Waals surface area contributed by atoms with Crippen molar-refractivity contribution in [2.24, 2.45) is 5.92 Å². The third-order valence-corrected chi connectivity index (χ3v) is 8.49. The molecule has 0 bridgehead atoms. The number of fused-ring (bicyclic) bond motifs is 5. The van der Waals surface area contributed by atoms with E-state index in [9.17, 15) is 8.42 Å². The molecule has 6 rings (SSSR count). The van der Waals surface area contributed by atoms with Crippen molar-refractivity contribution in [1.82, 2.24) is 4.72 Å². The summed E-state index contributed by atoms with van der Waals surface area (Å²) >= 11 is 0. The molecule has 8 heteroatoms. The molecule has 2 heterocycles. The number of allylic oxidation sites excluding steroid dienone is 1. The minimum atomic E-state index is -3.78. The second-order valence-electron chi connectivity index (χ2n) is 9.72. The molecule has 2 aliphatic heterocycles. The molecule has 33 heavy (non-hydrogen) atoms. The number of nitrogens with one attached hydrogen (secondary N) is 1. The van der Waals surface area contributed by atoms with Gasteiger partial charge in [0.2, 0.25) is 16.8 Å². The van der Waals surface area contributed by atoms with E-state index in [4.69, 9.17) is 18.9 Å². The van der Waals surface area contributed by atoms with E-state index in [2.05, 4.69) is 16.9 Å². The highest BCUT2D eigenvalue weighted by atomic mass is 32.2. The first-order chi connectivity index (χ1) is 15.7. The first kappa shape index (κ1) is 21.2. The van der Waals surface area contributed by atoms with Gasteiger partial charge in [0.1, 0.15) is 6.10 Å². The van der Waals surface area contributed by atoms with Crippen LogP contribution in [0.3, 0.4) is 0 Å². The standard InChI is InChI=1S/C25H27NO6S/c1-14-4-8-17(9-5-14)33(27,28)26-23-22-16(11-21-24(23)32-25(2,3)31-21)7-6-15-10-19-20(12-18(15)22)30-13-29-19/h4-10,12,16,21-24,26H,11,13H2,1-3H3/t16-,21+,22?,23+,24+/m0/s1. The molecule has 2 aliphatic carbocycles. The van der Waals surface area contributed by atoms with Crippen molar-refractivity contribution in [2.45, 2.75) is 62.0 Å². The summed E-state index contributed by atoms with van der Waals surface area (Å²) in [5, 5.41) is 0. The summed E-state index contributed by atoms with van der Waals surface area (Å²) in [5.74, 6) is 0.594. The summed E-state index contributed by atoms with van der Waals surface area (Å²) in [5.41, 5.74) is 3.05. The zero-order valence-electron chi connectivity index (χ0n) is 18.8. The number of hydrogen-bond acceptors (Lipinski definition) is 6. The third kappa shape index (κ3) is 3.56. The monoisotopic (exact) mass is 469 g/mol. The van der Waals surface area contributed by atoms with Gasteiger partial charge in [-0.1, -0.05) is 29.8 Å². The van der Waals surface area contributed by atoms with Crippen molar-refractivity contribution in [3.05, 3.63) is 59.2 Å². The van der Waals surface area contributed by atoms with Gasteiger partial charge in [-0.15, -0.1) is 0 Å². The van der Waals surface area contributed by atoms with Crippen LogP contribution >= 0.6 is 0 Å². The van der Waals surface area contributed by atoms with Crippen LogP contribution in [0, 0.1) is 12.8 Å². The van der Waals surface area contributed by atoms with Gasteiger partial charge in [-0.2, -0.15) is 0 Å². The molecule has 0 aromatic heterocycles. The number of benzene rings is 2. The Morgan fingerprint density at radius 2 is 1.76 bits per heavy atom. The molecule has 1 saturated carbocycles. The molecule has 0 amide bonds. The summed E-state index contributed by atoms with van der Waals surface area (Å²) in [7, 11) is -3.78. The van der Waals surface area contributed by atoms with Crippen LogP contribution in [0.1, 0.15) is 42.9 Å². The maximum absolute atomic E-state index is 13.5. The van der Waals surface area contributed by atoms with Crippen molar-refractivity contribution in [3.63, 3.8) is 0 Å². The van der Waals surface area contributed by atoms with Crippen molar-refractivity contribution >= 4 is 16.1 Å². The fourth-order valence-electron chi connectivity index (χ4n) is 5.60. The van der Waals surface area contributed by atoms with Crippen LogP contribution in [-0.4, -0.2) is 39.2 Å². The number of ether oxygens (including phenoxy) is 4. The SMILES string of the molecule is Cc1ccc(S(=O)(=O)N[C@@H]2C3c4cc5c(cc4C=C[C@H]3C[C@H]3OC(C)(C)O[C@@H]23)OCO5)cc1. The average Bonchev–Trinajstić information content (AvgIpc) is 3.34. The smallest absolute Gasteiger partial charge is 0.240 e. The molecular formula is C25H27NO6S. The molecule has 1 unspecified atom stereocenters. The zero-order valence-corrected chi connectivity index (χ0v) is 19.6. The van der Waals surface area contributed by atoms with Gasteiger partial charge in [0.25, 0.3) is 0 Å². The number of rotatable bonds is 3. The van der Waals surface area contributed by atoms with Gasteiger partial charge >= 0.3 is 0 Å². The Balaban J connectivity index is 1.44. The van der Waals surface area contributed by atoms with E-state index in [0.29, 0.717) is 11.5 Å². The highest BCUT2D eigenvalue weighted by molar-refractivity contribution is 7.89. The summed E-state index contributed by atoms with van der Waals surface area (Å²) in [6.07, 6.45) is 4.39. The Labute approximate surface area is 193 Å². The van der Waals surface area contributed by atoms with E-state index < -0.39 is 28.0 Å². The van der Waals surface area contributed by atoms with E-state index >= 15 is 0 Å². The Kier molecular flexibility index (Phi) is 4.68. The molecule has 0 spiro atoms. The maximum atomic E-state index is 13.5. The topological polar surface area (TPSA) is 83.1 Å². The highest BCUT2D eigenvalue weighted by Crippen LogP contribution is 2.51. The lowest BCUT2D eigenvalue weighted by Crippen LogP contribution is -2.56. The van der Waals surface area contributed by atoms with Crippen LogP contribution in [0.25, 0.3) is 6.08 Å². The predicted molar refractivity (Wildman–Crippen MR) is 122 cm³/mol. The van der Waals surface area contributed by atoms with Gasteiger partial charge in [0, 0.05) is 5.92 Å². The third-order valence-electron chi connectivity index (χ3n) is 7.01. The molecule has 5 atom stereocenters. The number of aryl methyl sites for hydroxylation is 1. The van der Waals surface area contributed by atoms with Crippen LogP contribution in [0.15, 0.2) is 47.4 Å². The van der Waals surface area contributed by atoms with Crippen molar-refractivity contribution < 1.29 is 27.4 Å². The Morgan fingerprint density at radius 3 is 2.52 bits per heavy atom. The largest absolute Gasteiger partial charge is 0.454 e. The molecule has 174 valence electrons. The lowest BCUT2D eigenvalue weighted by Gasteiger charge is -2.44. The quantitative estimate of drug-likeness (QED) is 0.738. The molecule has 1 saturated heterocycles. The van der Waals surface area contributed by atoms with Gasteiger partial charge < -0.3 is 18.9 Å². The predicted octanol–water partition coefficient (Wildman–Crippen LogP) is 3.72. The first-order valence-electron chi connectivity index (χ1n) is 11.3. The van der Waals surface area contributed by atoms with Crippen LogP contribution < -0.4 is 14.2 Å². The zero-order chi connectivity index (χ0) is 23.0. The van der Waals surface area contributed by atoms with Gasteiger partial charge in [-0.05, 0) is 68.5 Å². The molecule has 1 N–H and O–H groups in total. The fraction of sp³-hybridized carbons (Fsp3) is 0.440. The van der Waals surface area contributed by atoms with E-state index in [-0.39, 0.29) is 29.6 Å². The second-order valence-corrected chi connectivity index (χ2v) is 11.4. The fourth-order valence-corrected chi connectivity index (χ4v) is 6.87. The van der Waals surface area contributed by atoms with Crippen LogP contribution in [-0.2, 0) is 19.5 Å². The Hall–Kier alpha value is -2.39. The molecule has 4 aliphatic rings. The summed E-state index contributed by atoms with van der Waals surface area (Å²) in [6.45, 7) is 5.88. The van der Waals surface area contributed by atoms with Crippen LogP contribution in [0.2, 0.25) is 0 Å².